The van der Waals surface area contributed by atoms with Gasteiger partial charge >= 0.3 is 0 Å². The summed E-state index contributed by atoms with van der Waals surface area (Å²) in [7, 11) is 1.78. The number of halogens is 1. The van der Waals surface area contributed by atoms with Gasteiger partial charge in [-0.15, -0.1) is 12.4 Å². The van der Waals surface area contributed by atoms with E-state index in [1.807, 2.05) is 0 Å². The second-order valence-corrected chi connectivity index (χ2v) is 6.00. The van der Waals surface area contributed by atoms with Gasteiger partial charge in [-0.2, -0.15) is 0 Å². The van der Waals surface area contributed by atoms with Crippen molar-refractivity contribution in [3.05, 3.63) is 0 Å². The third-order valence-corrected chi connectivity index (χ3v) is 2.88. The second kappa shape index (κ2) is 8.30. The van der Waals surface area contributed by atoms with Gasteiger partial charge in [0.1, 0.15) is 0 Å². The molecule has 1 saturated carbocycles. The first-order valence-corrected chi connectivity index (χ1v) is 6.46. The van der Waals surface area contributed by atoms with Crippen LogP contribution in [0.4, 0.5) is 0 Å². The molecule has 0 bridgehead atoms. The lowest BCUT2D eigenvalue weighted by atomic mass is 9.97. The monoisotopic (exact) mass is 264 g/mol. The summed E-state index contributed by atoms with van der Waals surface area (Å²) in [5.41, 5.74) is 0.386. The van der Waals surface area contributed by atoms with Gasteiger partial charge in [0, 0.05) is 39.3 Å². The number of rotatable bonds is 8. The van der Waals surface area contributed by atoms with Crippen LogP contribution >= 0.6 is 12.4 Å². The average molecular weight is 265 g/mol. The lowest BCUT2D eigenvalue weighted by Crippen LogP contribution is -2.38. The molecule has 0 aromatic carbocycles. The lowest BCUT2D eigenvalue weighted by Gasteiger charge is -2.23. The Kier molecular flexibility index (Phi) is 8.39. The molecule has 3 nitrogen and oxygen atoms in total. The Morgan fingerprint density at radius 2 is 1.88 bits per heavy atom. The fraction of sp³-hybridized carbons (Fsp3) is 1.00. The maximum Gasteiger partial charge on any atom is 0.0589 e. The van der Waals surface area contributed by atoms with Crippen LogP contribution in [0.5, 0.6) is 0 Å². The van der Waals surface area contributed by atoms with Gasteiger partial charge in [-0.1, -0.05) is 20.8 Å². The van der Waals surface area contributed by atoms with Crippen LogP contribution in [0.1, 0.15) is 33.6 Å². The number of nitrogens with one attached hydrogen (secondary N) is 1. The number of ether oxygens (including phenoxy) is 1. The predicted molar refractivity (Wildman–Crippen MR) is 76.0 cm³/mol. The first-order chi connectivity index (χ1) is 7.53. The zero-order chi connectivity index (χ0) is 12.0. The third-order valence-electron chi connectivity index (χ3n) is 2.88. The molecule has 1 rings (SSSR count). The number of nitrogens with zero attached hydrogens (tertiary/aromatic N) is 1. The van der Waals surface area contributed by atoms with Gasteiger partial charge in [0.2, 0.25) is 0 Å². The molecular weight excluding hydrogens is 236 g/mol. The maximum atomic E-state index is 5.15. The summed E-state index contributed by atoms with van der Waals surface area (Å²) < 4.78 is 5.15. The molecule has 1 fully saturated rings. The fourth-order valence-electron chi connectivity index (χ4n) is 1.81. The summed E-state index contributed by atoms with van der Waals surface area (Å²) in [5.74, 6) is 0. The number of methoxy groups -OCH3 is 1. The highest BCUT2D eigenvalue weighted by Gasteiger charge is 2.28. The van der Waals surface area contributed by atoms with Gasteiger partial charge < -0.3 is 10.1 Å². The van der Waals surface area contributed by atoms with Crippen LogP contribution in [0.3, 0.4) is 0 Å². The molecule has 104 valence electrons. The van der Waals surface area contributed by atoms with Crippen LogP contribution in [-0.2, 0) is 4.74 Å². The lowest BCUT2D eigenvalue weighted by molar-refractivity contribution is 0.143. The Balaban J connectivity index is 0.00000256. The highest BCUT2D eigenvalue weighted by atomic mass is 35.5. The smallest absolute Gasteiger partial charge is 0.0589 e. The molecule has 1 aliphatic carbocycles. The van der Waals surface area contributed by atoms with E-state index in [1.165, 1.54) is 12.8 Å². The van der Waals surface area contributed by atoms with Crippen LogP contribution < -0.4 is 5.32 Å². The summed E-state index contributed by atoms with van der Waals surface area (Å²) in [6, 6.07) is 0.839. The normalized spacial score (nSPS) is 16.1. The topological polar surface area (TPSA) is 24.5 Å². The zero-order valence-electron chi connectivity index (χ0n) is 11.8. The molecule has 4 heteroatoms. The predicted octanol–water partition coefficient (Wildman–Crippen LogP) is 2.15. The molecule has 0 saturated heterocycles. The van der Waals surface area contributed by atoms with E-state index in [0.29, 0.717) is 5.41 Å². The summed E-state index contributed by atoms with van der Waals surface area (Å²) >= 11 is 0. The molecule has 0 radical (unpaired) electrons. The van der Waals surface area contributed by atoms with E-state index in [-0.39, 0.29) is 12.4 Å². The molecular formula is C13H29ClN2O. The minimum absolute atomic E-state index is 0. The summed E-state index contributed by atoms with van der Waals surface area (Å²) in [4.78, 5) is 2.55. The van der Waals surface area contributed by atoms with Gasteiger partial charge in [0.15, 0.2) is 0 Å². The van der Waals surface area contributed by atoms with E-state index >= 15 is 0 Å². The van der Waals surface area contributed by atoms with Crippen LogP contribution in [0.2, 0.25) is 0 Å². The molecule has 1 N–H and O–H groups in total. The number of hydrogen-bond acceptors (Lipinski definition) is 3. The van der Waals surface area contributed by atoms with Crippen molar-refractivity contribution in [2.45, 2.75) is 39.7 Å². The van der Waals surface area contributed by atoms with Crippen molar-refractivity contribution < 1.29 is 4.74 Å². The molecule has 0 heterocycles. The highest BCUT2D eigenvalue weighted by Crippen LogP contribution is 2.26. The molecule has 0 aliphatic heterocycles. The van der Waals surface area contributed by atoms with E-state index < -0.39 is 0 Å². The van der Waals surface area contributed by atoms with Crippen LogP contribution in [0.15, 0.2) is 0 Å². The van der Waals surface area contributed by atoms with Gasteiger partial charge in [0.25, 0.3) is 0 Å². The highest BCUT2D eigenvalue weighted by molar-refractivity contribution is 5.85. The molecule has 0 aromatic heterocycles. The standard InChI is InChI=1S/C13H28N2O.ClH/c1-13(2,3)11-14-7-8-15(9-10-16-4)12-5-6-12;/h12,14H,5-11H2,1-4H3;1H. The third kappa shape index (κ3) is 8.83. The van der Waals surface area contributed by atoms with Gasteiger partial charge in [-0.3, -0.25) is 4.90 Å². The van der Waals surface area contributed by atoms with Gasteiger partial charge in [-0.05, 0) is 18.3 Å². The second-order valence-electron chi connectivity index (χ2n) is 6.00. The summed E-state index contributed by atoms with van der Waals surface area (Å²) in [5, 5.41) is 3.53. The Morgan fingerprint density at radius 3 is 2.35 bits per heavy atom. The van der Waals surface area contributed by atoms with Crippen molar-refractivity contribution in [2.75, 3.05) is 39.9 Å². The number of hydrogen-bond donors (Lipinski definition) is 1. The van der Waals surface area contributed by atoms with Crippen molar-refractivity contribution in [1.29, 1.82) is 0 Å². The SMILES string of the molecule is COCCN(CCNCC(C)(C)C)C1CC1.Cl. The van der Waals surface area contributed by atoms with Crippen LogP contribution in [-0.4, -0.2) is 50.8 Å². The van der Waals surface area contributed by atoms with E-state index in [9.17, 15) is 0 Å². The molecule has 0 spiro atoms. The van der Waals surface area contributed by atoms with Crippen molar-refractivity contribution in [1.82, 2.24) is 10.2 Å². The van der Waals surface area contributed by atoms with E-state index in [1.54, 1.807) is 7.11 Å². The van der Waals surface area contributed by atoms with Crippen molar-refractivity contribution >= 4 is 12.4 Å². The van der Waals surface area contributed by atoms with Crippen molar-refractivity contribution in [3.63, 3.8) is 0 Å². The van der Waals surface area contributed by atoms with Crippen LogP contribution in [0, 0.1) is 5.41 Å². The quantitative estimate of drug-likeness (QED) is 0.680. The van der Waals surface area contributed by atoms with Gasteiger partial charge in [0.05, 0.1) is 6.61 Å². The molecule has 0 aromatic rings. The maximum absolute atomic E-state index is 5.15. The summed E-state index contributed by atoms with van der Waals surface area (Å²) in [6.07, 6.45) is 2.76. The Hall–Kier alpha value is 0.170. The van der Waals surface area contributed by atoms with Crippen molar-refractivity contribution in [2.24, 2.45) is 5.41 Å². The molecule has 1 aliphatic rings. The average Bonchev–Trinajstić information content (AvgIpc) is 2.98. The Bertz CT molecular complexity index is 190. The van der Waals surface area contributed by atoms with Crippen LogP contribution in [0.25, 0.3) is 0 Å². The minimum Gasteiger partial charge on any atom is -0.383 e. The van der Waals surface area contributed by atoms with Crippen molar-refractivity contribution in [3.8, 4) is 0 Å². The largest absolute Gasteiger partial charge is 0.383 e. The first-order valence-electron chi connectivity index (χ1n) is 6.46. The molecule has 17 heavy (non-hydrogen) atoms. The van der Waals surface area contributed by atoms with E-state index in [4.69, 9.17) is 4.74 Å². The molecule has 0 amide bonds. The fourth-order valence-corrected chi connectivity index (χ4v) is 1.81. The summed E-state index contributed by atoms with van der Waals surface area (Å²) in [6.45, 7) is 12.1. The Morgan fingerprint density at radius 1 is 1.24 bits per heavy atom. The molecule has 0 atom stereocenters. The molecule has 0 unspecified atom stereocenters. The van der Waals surface area contributed by atoms with E-state index in [2.05, 4.69) is 31.0 Å². The minimum atomic E-state index is 0. The van der Waals surface area contributed by atoms with Gasteiger partial charge in [-0.25, -0.2) is 0 Å². The Labute approximate surface area is 113 Å². The first kappa shape index (κ1) is 17.2. The zero-order valence-corrected chi connectivity index (χ0v) is 12.6. The van der Waals surface area contributed by atoms with E-state index in [0.717, 1.165) is 38.8 Å².